The first-order valence-electron chi connectivity index (χ1n) is 9.81. The number of nitrogens with zero attached hydrogens (tertiary/aromatic N) is 1. The molecule has 0 aromatic carbocycles. The van der Waals surface area contributed by atoms with Gasteiger partial charge in [0.2, 0.25) is 17.7 Å². The zero-order chi connectivity index (χ0) is 20.6. The van der Waals surface area contributed by atoms with E-state index in [4.69, 9.17) is 4.11 Å². The smallest absolute Gasteiger partial charge is 0.239 e. The molecule has 1 fully saturated rings. The van der Waals surface area contributed by atoms with Crippen molar-refractivity contribution in [2.45, 2.75) is 51.6 Å². The van der Waals surface area contributed by atoms with E-state index < -0.39 is 24.8 Å². The summed E-state index contributed by atoms with van der Waals surface area (Å²) in [7, 11) is 0. The zero-order valence-electron chi connectivity index (χ0n) is 17.2. The summed E-state index contributed by atoms with van der Waals surface area (Å²) in [6.45, 7) is 0.186. The number of carbonyl (C=O) groups is 3. The maximum atomic E-state index is 12.4. The highest BCUT2D eigenvalue weighted by Crippen LogP contribution is 2.21. The first-order valence-corrected chi connectivity index (χ1v) is 9.75. The summed E-state index contributed by atoms with van der Waals surface area (Å²) in [6, 6.07) is -0.197. The average Bonchev–Trinajstić information content (AvgIpc) is 2.58. The van der Waals surface area contributed by atoms with Gasteiger partial charge in [-0.1, -0.05) is 29.0 Å². The molecular formula is C16H29IN4O3. The summed E-state index contributed by atoms with van der Waals surface area (Å²) in [6.07, 6.45) is 2.97. The van der Waals surface area contributed by atoms with Gasteiger partial charge in [0.05, 0.1) is 17.1 Å². The van der Waals surface area contributed by atoms with Crippen LogP contribution in [-0.2, 0) is 14.4 Å². The lowest BCUT2D eigenvalue weighted by Crippen LogP contribution is -2.50. The standard InChI is InChI=1S/C16H29IN4O3/c1-12-4-3-5-13(2)21(12)11-16(24)20-10-15(23)19-9-8-18-14(22)6-7-17/h12-13H,3-11H2,1-2H3,(H,18,22)(H,19,23)(H,20,24)/i10D,11D2,20+1,21+1. The Labute approximate surface area is 162 Å². The molecule has 0 aliphatic carbocycles. The third-order valence-electron chi connectivity index (χ3n) is 3.83. The highest BCUT2D eigenvalue weighted by Gasteiger charge is 2.26. The fourth-order valence-corrected chi connectivity index (χ4v) is 3.03. The third-order valence-corrected chi connectivity index (χ3v) is 4.37. The first-order chi connectivity index (χ1) is 12.6. The van der Waals surface area contributed by atoms with E-state index in [1.54, 1.807) is 0 Å². The van der Waals surface area contributed by atoms with E-state index in [0.717, 1.165) is 19.3 Å². The van der Waals surface area contributed by atoms with Crippen molar-refractivity contribution >= 4 is 40.3 Å². The normalized spacial score (nSPS) is 24.9. The molecule has 0 radical (unpaired) electrons. The number of halogens is 1. The van der Waals surface area contributed by atoms with Crippen LogP contribution in [0.25, 0.3) is 0 Å². The monoisotopic (exact) mass is 457 g/mol. The topological polar surface area (TPSA) is 90.5 Å². The Morgan fingerprint density at radius 2 is 1.62 bits per heavy atom. The number of amides is 3. The molecule has 24 heavy (non-hydrogen) atoms. The third kappa shape index (κ3) is 8.27. The van der Waals surface area contributed by atoms with Gasteiger partial charge in [0.1, 0.15) is 0 Å². The van der Waals surface area contributed by atoms with Gasteiger partial charge in [-0.15, -0.1) is 0 Å². The van der Waals surface area contributed by atoms with Crippen LogP contribution in [0, 0.1) is 0 Å². The van der Waals surface area contributed by atoms with Gasteiger partial charge >= 0.3 is 0 Å². The van der Waals surface area contributed by atoms with Gasteiger partial charge in [-0.25, -0.2) is 0 Å². The Hall–Kier alpha value is -0.900. The van der Waals surface area contributed by atoms with Crippen LogP contribution in [0.3, 0.4) is 0 Å². The minimum Gasteiger partial charge on any atom is -0.354 e. The molecule has 0 aromatic rings. The molecule has 3 unspecified atom stereocenters. The van der Waals surface area contributed by atoms with Gasteiger partial charge in [0.15, 0.2) is 0 Å². The molecule has 8 heteroatoms. The van der Waals surface area contributed by atoms with Crippen LogP contribution in [0.4, 0.5) is 0 Å². The molecular weight excluding hydrogens is 425 g/mol. The second-order valence-corrected chi connectivity index (χ2v) is 6.92. The van der Waals surface area contributed by atoms with E-state index >= 15 is 0 Å². The summed E-state index contributed by atoms with van der Waals surface area (Å²) >= 11 is 2.09. The summed E-state index contributed by atoms with van der Waals surface area (Å²) < 4.78 is 24.9. The summed E-state index contributed by atoms with van der Waals surface area (Å²) in [5.74, 6) is -1.86. The van der Waals surface area contributed by atoms with Gasteiger partial charge in [0, 0.05) is 36.0 Å². The molecule has 0 spiro atoms. The number of nitrogens with one attached hydrogen (secondary N) is 3. The lowest BCUT2D eigenvalue weighted by molar-refractivity contribution is -0.127. The molecule has 0 aromatic heterocycles. The summed E-state index contributed by atoms with van der Waals surface area (Å²) in [5.41, 5.74) is 0. The zero-order valence-corrected chi connectivity index (χ0v) is 16.4. The lowest BCUT2D eigenvalue weighted by atomic mass is 10.0. The average molecular weight is 457 g/mol. The Kier molecular flexibility index (Phi) is 8.02. The second-order valence-electron chi connectivity index (χ2n) is 5.85. The van der Waals surface area contributed by atoms with Crippen LogP contribution in [0.15, 0.2) is 0 Å². The van der Waals surface area contributed by atoms with Crippen molar-refractivity contribution in [2.75, 3.05) is 30.5 Å². The number of rotatable bonds is 9. The van der Waals surface area contributed by atoms with E-state index in [1.807, 2.05) is 13.8 Å². The van der Waals surface area contributed by atoms with Crippen LogP contribution in [0.1, 0.15) is 43.6 Å². The van der Waals surface area contributed by atoms with Crippen molar-refractivity contribution in [1.29, 1.82) is 0 Å². The molecule has 0 saturated carbocycles. The second kappa shape index (κ2) is 11.6. The van der Waals surface area contributed by atoms with Crippen LogP contribution >= 0.6 is 22.6 Å². The molecule has 7 nitrogen and oxygen atoms in total. The molecule has 3 amide bonds. The van der Waals surface area contributed by atoms with Crippen molar-refractivity contribution in [3.8, 4) is 0 Å². The van der Waals surface area contributed by atoms with Crippen LogP contribution in [-0.4, -0.2) is 65.2 Å². The first kappa shape index (κ1) is 16.6. The predicted molar refractivity (Wildman–Crippen MR) is 102 cm³/mol. The molecule has 1 aliphatic heterocycles. The number of carbonyl (C=O) groups excluding carboxylic acids is 3. The molecule has 3 N–H and O–H groups in total. The van der Waals surface area contributed by atoms with Crippen molar-refractivity contribution in [3.05, 3.63) is 0 Å². The molecule has 1 aliphatic rings. The van der Waals surface area contributed by atoms with Crippen molar-refractivity contribution in [1.82, 2.24) is 20.9 Å². The largest absolute Gasteiger partial charge is 0.354 e. The minimum absolute atomic E-state index is 0.0985. The summed E-state index contributed by atoms with van der Waals surface area (Å²) in [4.78, 5) is 37.1. The quantitative estimate of drug-likeness (QED) is 0.203. The van der Waals surface area contributed by atoms with Crippen LogP contribution in [0.5, 0.6) is 0 Å². The highest BCUT2D eigenvalue weighted by atomic mass is 127. The Morgan fingerprint density at radius 1 is 1.04 bits per heavy atom. The Bertz CT molecular complexity index is 529. The Balaban J connectivity index is 2.49. The van der Waals surface area contributed by atoms with Gasteiger partial charge in [0.25, 0.3) is 0 Å². The van der Waals surface area contributed by atoms with Crippen LogP contribution < -0.4 is 16.0 Å². The molecule has 1 rings (SSSR count). The van der Waals surface area contributed by atoms with Gasteiger partial charge in [-0.05, 0) is 26.7 Å². The van der Waals surface area contributed by atoms with E-state index in [0.29, 0.717) is 10.8 Å². The van der Waals surface area contributed by atoms with Gasteiger partial charge < -0.3 is 16.0 Å². The summed E-state index contributed by atoms with van der Waals surface area (Å²) in [5, 5.41) is 7.20. The molecule has 1 heterocycles. The van der Waals surface area contributed by atoms with E-state index in [1.165, 1.54) is 4.90 Å². The minimum atomic E-state index is -2.30. The fourth-order valence-electron chi connectivity index (χ4n) is 2.54. The maximum Gasteiger partial charge on any atom is 0.239 e. The van der Waals surface area contributed by atoms with E-state index in [2.05, 4.69) is 38.5 Å². The molecule has 1 saturated heterocycles. The number of hydrogen-bond acceptors (Lipinski definition) is 4. The Morgan fingerprint density at radius 3 is 2.21 bits per heavy atom. The van der Waals surface area contributed by atoms with E-state index in [9.17, 15) is 14.4 Å². The number of hydrogen-bond donors (Lipinski definition) is 3. The van der Waals surface area contributed by atoms with E-state index in [-0.39, 0.29) is 31.1 Å². The van der Waals surface area contributed by atoms with Gasteiger partial charge in [-0.3, -0.25) is 19.3 Å². The fraction of sp³-hybridized carbons (Fsp3) is 0.812. The molecule has 0 bridgehead atoms. The van der Waals surface area contributed by atoms with Gasteiger partial charge in [-0.2, -0.15) is 0 Å². The van der Waals surface area contributed by atoms with Crippen molar-refractivity contribution in [3.63, 3.8) is 0 Å². The molecule has 138 valence electrons. The van der Waals surface area contributed by atoms with Crippen molar-refractivity contribution in [2.24, 2.45) is 0 Å². The highest BCUT2D eigenvalue weighted by molar-refractivity contribution is 14.1. The predicted octanol–water partition coefficient (Wildman–Crippen LogP) is 0.423. The maximum absolute atomic E-state index is 12.4. The van der Waals surface area contributed by atoms with Crippen molar-refractivity contribution < 1.29 is 18.5 Å². The number of piperidine rings is 1. The SMILES string of the molecule is [2H]C([15NH]C(=O)C([2H])([2H])[15N]1C(C)CCCC1C)C(=O)NCCNC(=O)CCI. The number of alkyl halides is 1. The lowest BCUT2D eigenvalue weighted by Gasteiger charge is -2.38. The number of likely N-dealkylation sites (tertiary alicyclic amines) is 1. The van der Waals surface area contributed by atoms with Crippen LogP contribution in [0.2, 0.25) is 0 Å². The molecule has 3 atom stereocenters.